The van der Waals surface area contributed by atoms with Crippen molar-refractivity contribution in [3.63, 3.8) is 0 Å². The molecule has 0 fully saturated rings. The van der Waals surface area contributed by atoms with E-state index in [1.165, 1.54) is 5.56 Å². The average Bonchev–Trinajstić information content (AvgIpc) is 2.64. The molecule has 0 saturated heterocycles. The van der Waals surface area contributed by atoms with Gasteiger partial charge in [-0.05, 0) is 29.8 Å². The van der Waals surface area contributed by atoms with Crippen LogP contribution in [-0.2, 0) is 6.54 Å². The summed E-state index contributed by atoms with van der Waals surface area (Å²) in [6.07, 6.45) is 0.849. The van der Waals surface area contributed by atoms with E-state index in [2.05, 4.69) is 40.6 Å². The highest BCUT2D eigenvalue weighted by molar-refractivity contribution is 5.53. The van der Waals surface area contributed by atoms with Crippen molar-refractivity contribution in [2.24, 2.45) is 0 Å². The number of anilines is 1. The molecule has 0 unspecified atom stereocenters. The fourth-order valence-corrected chi connectivity index (χ4v) is 2.88. The lowest BCUT2D eigenvalue weighted by Gasteiger charge is -2.29. The SMILES string of the molecule is COc1ccc(NC2=C(C#N)CN(Cc3ccccc3)CC2)cc1. The Morgan fingerprint density at radius 3 is 2.54 bits per heavy atom. The summed E-state index contributed by atoms with van der Waals surface area (Å²) >= 11 is 0. The van der Waals surface area contributed by atoms with Gasteiger partial charge in [-0.2, -0.15) is 5.26 Å². The lowest BCUT2D eigenvalue weighted by atomic mass is 10.1. The maximum atomic E-state index is 9.51. The first-order valence-corrected chi connectivity index (χ1v) is 8.08. The van der Waals surface area contributed by atoms with Gasteiger partial charge < -0.3 is 10.1 Å². The Balaban J connectivity index is 1.68. The smallest absolute Gasteiger partial charge is 0.119 e. The van der Waals surface area contributed by atoms with Crippen LogP contribution in [-0.4, -0.2) is 25.1 Å². The van der Waals surface area contributed by atoms with Gasteiger partial charge in [-0.25, -0.2) is 0 Å². The number of hydrogen-bond donors (Lipinski definition) is 1. The number of ether oxygens (including phenoxy) is 1. The van der Waals surface area contributed by atoms with Crippen LogP contribution in [0.3, 0.4) is 0 Å². The number of methoxy groups -OCH3 is 1. The van der Waals surface area contributed by atoms with Crippen molar-refractivity contribution < 1.29 is 4.74 Å². The molecular weight excluding hydrogens is 298 g/mol. The highest BCUT2D eigenvalue weighted by Gasteiger charge is 2.19. The van der Waals surface area contributed by atoms with Gasteiger partial charge in [0.2, 0.25) is 0 Å². The van der Waals surface area contributed by atoms with Gasteiger partial charge >= 0.3 is 0 Å². The third-order valence-electron chi connectivity index (χ3n) is 4.19. The van der Waals surface area contributed by atoms with E-state index in [4.69, 9.17) is 4.74 Å². The molecule has 0 aliphatic carbocycles. The first kappa shape index (κ1) is 16.1. The van der Waals surface area contributed by atoms with Crippen LogP contribution in [0.1, 0.15) is 12.0 Å². The highest BCUT2D eigenvalue weighted by atomic mass is 16.5. The van der Waals surface area contributed by atoms with Crippen LogP contribution in [0.15, 0.2) is 65.9 Å². The van der Waals surface area contributed by atoms with Crippen molar-refractivity contribution in [1.82, 2.24) is 4.90 Å². The Bertz CT molecular complexity index is 745. The average molecular weight is 319 g/mol. The molecule has 1 aliphatic heterocycles. The lowest BCUT2D eigenvalue weighted by molar-refractivity contribution is 0.281. The minimum Gasteiger partial charge on any atom is -0.497 e. The summed E-state index contributed by atoms with van der Waals surface area (Å²) < 4.78 is 5.17. The summed E-state index contributed by atoms with van der Waals surface area (Å²) in [6, 6.07) is 20.5. The van der Waals surface area contributed by atoms with Gasteiger partial charge in [0.15, 0.2) is 0 Å². The first-order valence-electron chi connectivity index (χ1n) is 8.08. The van der Waals surface area contributed by atoms with E-state index in [1.807, 2.05) is 30.3 Å². The quantitative estimate of drug-likeness (QED) is 0.911. The molecule has 1 aliphatic rings. The number of nitriles is 1. The molecule has 1 heterocycles. The van der Waals surface area contributed by atoms with Crippen molar-refractivity contribution in [2.45, 2.75) is 13.0 Å². The monoisotopic (exact) mass is 319 g/mol. The van der Waals surface area contributed by atoms with E-state index in [9.17, 15) is 5.26 Å². The largest absolute Gasteiger partial charge is 0.497 e. The van der Waals surface area contributed by atoms with Crippen molar-refractivity contribution in [1.29, 1.82) is 5.26 Å². The molecule has 0 bridgehead atoms. The Hall–Kier alpha value is -2.77. The van der Waals surface area contributed by atoms with Gasteiger partial charge in [-0.3, -0.25) is 4.90 Å². The topological polar surface area (TPSA) is 48.3 Å². The lowest BCUT2D eigenvalue weighted by Crippen LogP contribution is -2.32. The summed E-state index contributed by atoms with van der Waals surface area (Å²) in [4.78, 5) is 2.31. The maximum absolute atomic E-state index is 9.51. The van der Waals surface area contributed by atoms with Gasteiger partial charge in [0, 0.05) is 37.4 Å². The van der Waals surface area contributed by atoms with Crippen molar-refractivity contribution in [3.05, 3.63) is 71.4 Å². The van der Waals surface area contributed by atoms with Crippen molar-refractivity contribution >= 4 is 5.69 Å². The molecule has 0 spiro atoms. The van der Waals surface area contributed by atoms with Crippen LogP contribution >= 0.6 is 0 Å². The maximum Gasteiger partial charge on any atom is 0.119 e. The van der Waals surface area contributed by atoms with Gasteiger partial charge in [0.25, 0.3) is 0 Å². The van der Waals surface area contributed by atoms with Crippen LogP contribution in [0.25, 0.3) is 0 Å². The molecule has 2 aromatic rings. The van der Waals surface area contributed by atoms with E-state index >= 15 is 0 Å². The first-order chi connectivity index (χ1) is 11.8. The van der Waals surface area contributed by atoms with E-state index in [0.717, 1.165) is 42.2 Å². The summed E-state index contributed by atoms with van der Waals surface area (Å²) in [6.45, 7) is 2.50. The van der Waals surface area contributed by atoms with E-state index in [0.29, 0.717) is 6.54 Å². The Kier molecular flexibility index (Phi) is 5.15. The Morgan fingerprint density at radius 2 is 1.88 bits per heavy atom. The molecular formula is C20H21N3O. The van der Waals surface area contributed by atoms with E-state index in [-0.39, 0.29) is 0 Å². The fraction of sp³-hybridized carbons (Fsp3) is 0.250. The molecule has 0 amide bonds. The number of hydrogen-bond acceptors (Lipinski definition) is 4. The summed E-state index contributed by atoms with van der Waals surface area (Å²) in [5.41, 5.74) is 4.09. The summed E-state index contributed by atoms with van der Waals surface area (Å²) in [5.74, 6) is 0.827. The highest BCUT2D eigenvalue weighted by Crippen LogP contribution is 2.23. The molecule has 24 heavy (non-hydrogen) atoms. The zero-order valence-corrected chi connectivity index (χ0v) is 13.8. The van der Waals surface area contributed by atoms with Crippen molar-refractivity contribution in [2.75, 3.05) is 25.5 Å². The predicted molar refractivity (Wildman–Crippen MR) is 95.6 cm³/mol. The fourth-order valence-electron chi connectivity index (χ4n) is 2.88. The van der Waals surface area contributed by atoms with Crippen LogP contribution in [0, 0.1) is 11.3 Å². The number of nitrogens with one attached hydrogen (secondary N) is 1. The molecule has 4 nitrogen and oxygen atoms in total. The molecule has 2 aromatic carbocycles. The molecule has 3 rings (SSSR count). The second-order valence-corrected chi connectivity index (χ2v) is 5.87. The third-order valence-corrected chi connectivity index (χ3v) is 4.19. The minimum absolute atomic E-state index is 0.684. The summed E-state index contributed by atoms with van der Waals surface area (Å²) in [7, 11) is 1.65. The Labute approximate surface area is 143 Å². The zero-order valence-electron chi connectivity index (χ0n) is 13.8. The molecule has 0 saturated carbocycles. The molecule has 122 valence electrons. The van der Waals surface area contributed by atoms with Gasteiger partial charge in [0.05, 0.1) is 18.8 Å². The van der Waals surface area contributed by atoms with Gasteiger partial charge in [-0.1, -0.05) is 30.3 Å². The standard InChI is InChI=1S/C20H21N3O/c1-24-19-9-7-18(8-10-19)22-20-11-12-23(15-17(20)13-21)14-16-5-3-2-4-6-16/h2-10,22H,11-12,14-15H2,1H3. The minimum atomic E-state index is 0.684. The number of rotatable bonds is 5. The molecule has 0 atom stereocenters. The van der Waals surface area contributed by atoms with Crippen LogP contribution in [0.2, 0.25) is 0 Å². The number of nitrogens with zero attached hydrogens (tertiary/aromatic N) is 2. The van der Waals surface area contributed by atoms with Crippen molar-refractivity contribution in [3.8, 4) is 11.8 Å². The number of benzene rings is 2. The second-order valence-electron chi connectivity index (χ2n) is 5.87. The van der Waals surface area contributed by atoms with Gasteiger partial charge in [-0.15, -0.1) is 0 Å². The van der Waals surface area contributed by atoms with E-state index < -0.39 is 0 Å². The molecule has 0 aromatic heterocycles. The molecule has 0 radical (unpaired) electrons. The molecule has 1 N–H and O–H groups in total. The normalized spacial score (nSPS) is 15.0. The van der Waals surface area contributed by atoms with Crippen LogP contribution < -0.4 is 10.1 Å². The van der Waals surface area contributed by atoms with E-state index in [1.54, 1.807) is 7.11 Å². The summed E-state index contributed by atoms with van der Waals surface area (Å²) in [5, 5.41) is 12.9. The third kappa shape index (κ3) is 3.95. The predicted octanol–water partition coefficient (Wildman–Crippen LogP) is 3.79. The molecule has 4 heteroatoms. The zero-order chi connectivity index (χ0) is 16.8. The Morgan fingerprint density at radius 1 is 1.12 bits per heavy atom. The van der Waals surface area contributed by atoms with Crippen LogP contribution in [0.4, 0.5) is 5.69 Å². The van der Waals surface area contributed by atoms with Crippen LogP contribution in [0.5, 0.6) is 5.75 Å². The van der Waals surface area contributed by atoms with Gasteiger partial charge in [0.1, 0.15) is 5.75 Å². The second kappa shape index (κ2) is 7.67.